The summed E-state index contributed by atoms with van der Waals surface area (Å²) in [4.78, 5) is 28.4. The molecule has 0 radical (unpaired) electrons. The van der Waals surface area contributed by atoms with E-state index in [-0.39, 0.29) is 5.92 Å². The lowest BCUT2D eigenvalue weighted by Crippen LogP contribution is -2.47. The minimum absolute atomic E-state index is 0.148. The van der Waals surface area contributed by atoms with Gasteiger partial charge in [0, 0.05) is 57.2 Å². The number of aromatic nitrogens is 2. The molecule has 0 bridgehead atoms. The molecule has 1 amide bonds. The molecule has 0 N–H and O–H groups in total. The molecule has 1 aromatic heterocycles. The third-order valence-electron chi connectivity index (χ3n) is 5.64. The molecule has 3 aliphatic rings. The van der Waals surface area contributed by atoms with Gasteiger partial charge in [0.15, 0.2) is 0 Å². The van der Waals surface area contributed by atoms with Crippen LogP contribution in [-0.2, 0) is 22.5 Å². The maximum atomic E-state index is 12.7. The summed E-state index contributed by atoms with van der Waals surface area (Å²) in [6.07, 6.45) is 4.51. The number of hydrogen-bond acceptors (Lipinski definition) is 6. The molecule has 7 heteroatoms. The van der Waals surface area contributed by atoms with Gasteiger partial charge in [0.2, 0.25) is 5.91 Å². The maximum Gasteiger partial charge on any atom is 0.225 e. The Labute approximate surface area is 149 Å². The van der Waals surface area contributed by atoms with Crippen molar-refractivity contribution in [1.29, 1.82) is 0 Å². The summed E-state index contributed by atoms with van der Waals surface area (Å²) in [6.45, 7) is 6.59. The number of carbonyl (C=O) groups excluding carboxylic acids is 1. The monoisotopic (exact) mass is 345 g/mol. The molecule has 0 aromatic carbocycles. The first kappa shape index (κ1) is 16.7. The zero-order chi connectivity index (χ0) is 17.2. The van der Waals surface area contributed by atoms with E-state index >= 15 is 0 Å². The highest BCUT2D eigenvalue weighted by atomic mass is 16.5. The SMILES string of the molecule is CN1CCc2ncnc(N3CCC(C(=O)N4CCOCC4)CC3)c2C1. The van der Waals surface area contributed by atoms with Crippen LogP contribution in [0, 0.1) is 5.92 Å². The van der Waals surface area contributed by atoms with Crippen LogP contribution >= 0.6 is 0 Å². The molecular formula is C18H27N5O2. The number of anilines is 1. The minimum atomic E-state index is 0.148. The van der Waals surface area contributed by atoms with Crippen LogP contribution in [0.1, 0.15) is 24.1 Å². The largest absolute Gasteiger partial charge is 0.378 e. The lowest BCUT2D eigenvalue weighted by molar-refractivity contribution is -0.140. The average Bonchev–Trinajstić information content (AvgIpc) is 2.68. The van der Waals surface area contributed by atoms with Crippen molar-refractivity contribution in [3.63, 3.8) is 0 Å². The van der Waals surface area contributed by atoms with E-state index in [1.807, 2.05) is 4.90 Å². The Hall–Kier alpha value is -1.73. The van der Waals surface area contributed by atoms with E-state index in [0.717, 1.165) is 64.3 Å². The van der Waals surface area contributed by atoms with Crippen molar-refractivity contribution in [2.45, 2.75) is 25.8 Å². The number of amides is 1. The van der Waals surface area contributed by atoms with Crippen LogP contribution in [0.2, 0.25) is 0 Å². The molecule has 7 nitrogen and oxygen atoms in total. The zero-order valence-corrected chi connectivity index (χ0v) is 15.0. The molecule has 0 spiro atoms. The van der Waals surface area contributed by atoms with Crippen LogP contribution in [0.15, 0.2) is 6.33 Å². The Balaban J connectivity index is 1.41. The van der Waals surface area contributed by atoms with Gasteiger partial charge in [-0.05, 0) is 19.9 Å². The van der Waals surface area contributed by atoms with E-state index in [1.54, 1.807) is 6.33 Å². The number of likely N-dealkylation sites (N-methyl/N-ethyl adjacent to an activating group) is 1. The summed E-state index contributed by atoms with van der Waals surface area (Å²) in [6, 6.07) is 0. The molecule has 0 aliphatic carbocycles. The van der Waals surface area contributed by atoms with Gasteiger partial charge < -0.3 is 19.4 Å². The van der Waals surface area contributed by atoms with Crippen LogP contribution in [0.25, 0.3) is 0 Å². The fraction of sp³-hybridized carbons (Fsp3) is 0.722. The first-order valence-electron chi connectivity index (χ1n) is 9.35. The van der Waals surface area contributed by atoms with Crippen molar-refractivity contribution in [3.8, 4) is 0 Å². The summed E-state index contributed by atoms with van der Waals surface area (Å²) in [7, 11) is 2.15. The molecule has 25 heavy (non-hydrogen) atoms. The summed E-state index contributed by atoms with van der Waals surface area (Å²) in [5.41, 5.74) is 2.46. The Kier molecular flexibility index (Phi) is 4.85. The number of morpholine rings is 1. The Morgan fingerprint density at radius 2 is 1.88 bits per heavy atom. The molecule has 2 fully saturated rings. The molecule has 0 unspecified atom stereocenters. The van der Waals surface area contributed by atoms with Crippen molar-refractivity contribution < 1.29 is 9.53 Å². The lowest BCUT2D eigenvalue weighted by Gasteiger charge is -2.37. The third kappa shape index (κ3) is 3.48. The number of carbonyl (C=O) groups is 1. The van der Waals surface area contributed by atoms with Crippen molar-refractivity contribution in [1.82, 2.24) is 19.8 Å². The third-order valence-corrected chi connectivity index (χ3v) is 5.64. The lowest BCUT2D eigenvalue weighted by atomic mass is 9.94. The van der Waals surface area contributed by atoms with Gasteiger partial charge in [-0.1, -0.05) is 0 Å². The first-order valence-corrected chi connectivity index (χ1v) is 9.35. The zero-order valence-electron chi connectivity index (χ0n) is 15.0. The molecular weight excluding hydrogens is 318 g/mol. The van der Waals surface area contributed by atoms with Crippen molar-refractivity contribution in [3.05, 3.63) is 17.6 Å². The molecule has 3 aliphatic heterocycles. The molecule has 4 heterocycles. The van der Waals surface area contributed by atoms with Crippen molar-refractivity contribution in [2.24, 2.45) is 5.92 Å². The van der Waals surface area contributed by atoms with Crippen molar-refractivity contribution in [2.75, 3.05) is 57.9 Å². The average molecular weight is 345 g/mol. The molecule has 0 atom stereocenters. The standard InChI is InChI=1S/C18H27N5O2/c1-21-5-4-16-15(12-21)17(20-13-19-16)22-6-2-14(3-7-22)18(24)23-8-10-25-11-9-23/h13-14H,2-12H2,1H3. The van der Waals surface area contributed by atoms with Gasteiger partial charge >= 0.3 is 0 Å². The van der Waals surface area contributed by atoms with Crippen LogP contribution in [-0.4, -0.2) is 78.7 Å². The predicted octanol–water partition coefficient (Wildman–Crippen LogP) is 0.540. The second kappa shape index (κ2) is 7.25. The molecule has 0 saturated carbocycles. The van der Waals surface area contributed by atoms with E-state index in [9.17, 15) is 4.79 Å². The van der Waals surface area contributed by atoms with Gasteiger partial charge in [-0.15, -0.1) is 0 Å². The summed E-state index contributed by atoms with van der Waals surface area (Å²) in [5, 5.41) is 0. The number of rotatable bonds is 2. The highest BCUT2D eigenvalue weighted by Crippen LogP contribution is 2.29. The first-order chi connectivity index (χ1) is 12.2. The van der Waals surface area contributed by atoms with E-state index < -0.39 is 0 Å². The van der Waals surface area contributed by atoms with Gasteiger partial charge in [0.1, 0.15) is 12.1 Å². The normalized spacial score (nSPS) is 22.8. The maximum absolute atomic E-state index is 12.7. The second-order valence-electron chi connectivity index (χ2n) is 7.31. The topological polar surface area (TPSA) is 61.8 Å². The van der Waals surface area contributed by atoms with Gasteiger partial charge in [-0.25, -0.2) is 9.97 Å². The number of nitrogens with zero attached hydrogens (tertiary/aromatic N) is 5. The van der Waals surface area contributed by atoms with Gasteiger partial charge in [0.05, 0.1) is 18.9 Å². The fourth-order valence-electron chi connectivity index (χ4n) is 4.11. The predicted molar refractivity (Wildman–Crippen MR) is 94.4 cm³/mol. The summed E-state index contributed by atoms with van der Waals surface area (Å²) >= 11 is 0. The minimum Gasteiger partial charge on any atom is -0.378 e. The Morgan fingerprint density at radius 1 is 1.12 bits per heavy atom. The second-order valence-corrected chi connectivity index (χ2v) is 7.31. The van der Waals surface area contributed by atoms with E-state index in [1.165, 1.54) is 11.3 Å². The number of ether oxygens (including phenoxy) is 1. The molecule has 136 valence electrons. The summed E-state index contributed by atoms with van der Waals surface area (Å²) < 4.78 is 5.35. The molecule has 1 aromatic rings. The smallest absolute Gasteiger partial charge is 0.225 e. The van der Waals surface area contributed by atoms with Gasteiger partial charge in [0.25, 0.3) is 0 Å². The molecule has 2 saturated heterocycles. The van der Waals surface area contributed by atoms with Gasteiger partial charge in [-0.2, -0.15) is 0 Å². The van der Waals surface area contributed by atoms with E-state index in [0.29, 0.717) is 19.1 Å². The summed E-state index contributed by atoms with van der Waals surface area (Å²) in [5.74, 6) is 1.54. The highest BCUT2D eigenvalue weighted by molar-refractivity contribution is 5.79. The van der Waals surface area contributed by atoms with Crippen molar-refractivity contribution >= 4 is 11.7 Å². The highest BCUT2D eigenvalue weighted by Gasteiger charge is 2.31. The Bertz CT molecular complexity index is 624. The van der Waals surface area contributed by atoms with E-state index in [4.69, 9.17) is 4.74 Å². The molecule has 4 rings (SSSR count). The number of fused-ring (bicyclic) bond motifs is 1. The number of piperidine rings is 1. The van der Waals surface area contributed by atoms with E-state index in [2.05, 4.69) is 26.8 Å². The van der Waals surface area contributed by atoms with Crippen LogP contribution in [0.3, 0.4) is 0 Å². The quantitative estimate of drug-likeness (QED) is 0.780. The van der Waals surface area contributed by atoms with Crippen LogP contribution < -0.4 is 4.90 Å². The fourth-order valence-corrected chi connectivity index (χ4v) is 4.11. The Morgan fingerprint density at radius 3 is 2.64 bits per heavy atom. The number of hydrogen-bond donors (Lipinski definition) is 0. The van der Waals surface area contributed by atoms with Gasteiger partial charge in [-0.3, -0.25) is 4.79 Å². The van der Waals surface area contributed by atoms with Crippen LogP contribution in [0.5, 0.6) is 0 Å². The van der Waals surface area contributed by atoms with Crippen LogP contribution in [0.4, 0.5) is 5.82 Å².